The predicted molar refractivity (Wildman–Crippen MR) is 117 cm³/mol. The molecule has 0 fully saturated rings. The first kappa shape index (κ1) is 20.9. The van der Waals surface area contributed by atoms with Crippen molar-refractivity contribution in [1.29, 1.82) is 0 Å². The summed E-state index contributed by atoms with van der Waals surface area (Å²) in [5.41, 5.74) is 1.84. The number of ether oxygens (including phenoxy) is 2. The van der Waals surface area contributed by atoms with Crippen LogP contribution in [0.25, 0.3) is 0 Å². The minimum Gasteiger partial charge on any atom is -0.493 e. The quantitative estimate of drug-likeness (QED) is 0.605. The van der Waals surface area contributed by atoms with Crippen LogP contribution >= 0.6 is 0 Å². The Labute approximate surface area is 176 Å². The molecule has 30 heavy (non-hydrogen) atoms. The van der Waals surface area contributed by atoms with Crippen molar-refractivity contribution in [2.45, 2.75) is 6.92 Å². The molecular weight excluding hydrogens is 380 g/mol. The Balaban J connectivity index is 1.66. The van der Waals surface area contributed by atoms with Crippen LogP contribution in [0.2, 0.25) is 0 Å². The smallest absolute Gasteiger partial charge is 0.262 e. The molecule has 6 heteroatoms. The minimum atomic E-state index is -0.332. The lowest BCUT2D eigenvalue weighted by Gasteiger charge is -2.21. The van der Waals surface area contributed by atoms with E-state index in [1.807, 2.05) is 43.3 Å². The summed E-state index contributed by atoms with van der Waals surface area (Å²) < 4.78 is 10.7. The topological polar surface area (TPSA) is 67.9 Å². The lowest BCUT2D eigenvalue weighted by atomic mass is 10.1. The third kappa shape index (κ3) is 5.17. The number of amides is 2. The van der Waals surface area contributed by atoms with Gasteiger partial charge in [0.25, 0.3) is 11.8 Å². The van der Waals surface area contributed by atoms with Gasteiger partial charge in [-0.15, -0.1) is 0 Å². The van der Waals surface area contributed by atoms with Crippen molar-refractivity contribution in [2.75, 3.05) is 30.5 Å². The van der Waals surface area contributed by atoms with E-state index in [-0.39, 0.29) is 18.4 Å². The number of carbonyl (C=O) groups is 2. The van der Waals surface area contributed by atoms with Gasteiger partial charge in [0.1, 0.15) is 0 Å². The second kappa shape index (κ2) is 10.1. The SMILES string of the molecule is CCN(C(=O)c1cccc(NC(=O)COc2ccccc2OC)c1)c1ccccc1. The van der Waals surface area contributed by atoms with Crippen LogP contribution in [0.15, 0.2) is 78.9 Å². The molecule has 0 aliphatic heterocycles. The first-order valence-electron chi connectivity index (χ1n) is 9.65. The van der Waals surface area contributed by atoms with Crippen molar-refractivity contribution in [3.63, 3.8) is 0 Å². The van der Waals surface area contributed by atoms with Crippen LogP contribution < -0.4 is 19.7 Å². The third-order valence-electron chi connectivity index (χ3n) is 4.45. The molecule has 0 radical (unpaired) electrons. The van der Waals surface area contributed by atoms with E-state index < -0.39 is 0 Å². The molecule has 3 rings (SSSR count). The first-order chi connectivity index (χ1) is 14.6. The third-order valence-corrected chi connectivity index (χ3v) is 4.45. The zero-order valence-corrected chi connectivity index (χ0v) is 17.0. The highest BCUT2D eigenvalue weighted by Gasteiger charge is 2.16. The van der Waals surface area contributed by atoms with Crippen LogP contribution in [0, 0.1) is 0 Å². The molecule has 0 heterocycles. The molecule has 0 saturated carbocycles. The van der Waals surface area contributed by atoms with Gasteiger partial charge in [0.05, 0.1) is 7.11 Å². The van der Waals surface area contributed by atoms with Gasteiger partial charge in [-0.1, -0.05) is 36.4 Å². The fourth-order valence-electron chi connectivity index (χ4n) is 3.02. The number of nitrogens with one attached hydrogen (secondary N) is 1. The number of rotatable bonds is 8. The summed E-state index contributed by atoms with van der Waals surface area (Å²) in [6, 6.07) is 23.5. The number of hydrogen-bond acceptors (Lipinski definition) is 4. The van der Waals surface area contributed by atoms with Crippen molar-refractivity contribution in [2.24, 2.45) is 0 Å². The van der Waals surface area contributed by atoms with E-state index in [4.69, 9.17) is 9.47 Å². The maximum Gasteiger partial charge on any atom is 0.262 e. The molecule has 6 nitrogen and oxygen atoms in total. The van der Waals surface area contributed by atoms with E-state index in [1.54, 1.807) is 54.5 Å². The molecule has 0 atom stereocenters. The van der Waals surface area contributed by atoms with Crippen molar-refractivity contribution < 1.29 is 19.1 Å². The monoisotopic (exact) mass is 404 g/mol. The van der Waals surface area contributed by atoms with Crippen molar-refractivity contribution in [3.05, 3.63) is 84.4 Å². The van der Waals surface area contributed by atoms with Gasteiger partial charge >= 0.3 is 0 Å². The Bertz CT molecular complexity index is 1000. The molecule has 1 N–H and O–H groups in total. The van der Waals surface area contributed by atoms with Crippen molar-refractivity contribution >= 4 is 23.2 Å². The van der Waals surface area contributed by atoms with Crippen LogP contribution in [-0.2, 0) is 4.79 Å². The molecule has 154 valence electrons. The highest BCUT2D eigenvalue weighted by molar-refractivity contribution is 6.07. The van der Waals surface area contributed by atoms with E-state index in [9.17, 15) is 9.59 Å². The number of methoxy groups -OCH3 is 1. The number of anilines is 2. The van der Waals surface area contributed by atoms with Gasteiger partial charge in [-0.2, -0.15) is 0 Å². The summed E-state index contributed by atoms with van der Waals surface area (Å²) >= 11 is 0. The van der Waals surface area contributed by atoms with Crippen LogP contribution in [0.1, 0.15) is 17.3 Å². The fraction of sp³-hybridized carbons (Fsp3) is 0.167. The Morgan fingerprint density at radius 3 is 2.30 bits per heavy atom. The molecule has 0 aromatic heterocycles. The first-order valence-corrected chi connectivity index (χ1v) is 9.65. The van der Waals surface area contributed by atoms with Crippen molar-refractivity contribution in [1.82, 2.24) is 0 Å². The summed E-state index contributed by atoms with van der Waals surface area (Å²) in [6.45, 7) is 2.28. The lowest BCUT2D eigenvalue weighted by molar-refractivity contribution is -0.118. The average molecular weight is 404 g/mol. The van der Waals surface area contributed by atoms with Crippen LogP contribution in [0.5, 0.6) is 11.5 Å². The number of benzene rings is 3. The van der Waals surface area contributed by atoms with Gasteiger partial charge in [-0.25, -0.2) is 0 Å². The molecule has 0 aliphatic carbocycles. The van der Waals surface area contributed by atoms with Gasteiger partial charge in [-0.3, -0.25) is 9.59 Å². The fourth-order valence-corrected chi connectivity index (χ4v) is 3.02. The van der Waals surface area contributed by atoms with E-state index in [1.165, 1.54) is 0 Å². The predicted octanol–water partition coefficient (Wildman–Crippen LogP) is 4.38. The molecule has 0 spiro atoms. The van der Waals surface area contributed by atoms with E-state index in [0.29, 0.717) is 29.3 Å². The molecule has 0 bridgehead atoms. The molecule has 2 amide bonds. The summed E-state index contributed by atoms with van der Waals surface area (Å²) in [5.74, 6) is 0.574. The average Bonchev–Trinajstić information content (AvgIpc) is 2.79. The number of carbonyl (C=O) groups excluding carboxylic acids is 2. The Kier molecular flexibility index (Phi) is 7.05. The largest absolute Gasteiger partial charge is 0.493 e. The van der Waals surface area contributed by atoms with Gasteiger partial charge in [0, 0.05) is 23.5 Å². The van der Waals surface area contributed by atoms with Gasteiger partial charge in [-0.05, 0) is 49.4 Å². The summed E-state index contributed by atoms with van der Waals surface area (Å²) in [7, 11) is 1.54. The lowest BCUT2D eigenvalue weighted by Crippen LogP contribution is -2.30. The van der Waals surface area contributed by atoms with Crippen LogP contribution in [0.4, 0.5) is 11.4 Å². The highest BCUT2D eigenvalue weighted by Crippen LogP contribution is 2.25. The second-order valence-electron chi connectivity index (χ2n) is 6.45. The minimum absolute atomic E-state index is 0.134. The van der Waals surface area contributed by atoms with Crippen molar-refractivity contribution in [3.8, 4) is 11.5 Å². The molecular formula is C24H24N2O4. The number of hydrogen-bond donors (Lipinski definition) is 1. The Hall–Kier alpha value is -3.80. The molecule has 0 saturated heterocycles. The number of para-hydroxylation sites is 3. The van der Waals surface area contributed by atoms with Gasteiger partial charge in [0.2, 0.25) is 0 Å². The zero-order valence-electron chi connectivity index (χ0n) is 17.0. The molecule has 3 aromatic carbocycles. The summed E-state index contributed by atoms with van der Waals surface area (Å²) in [6.07, 6.45) is 0. The van der Waals surface area contributed by atoms with E-state index >= 15 is 0 Å². The maximum atomic E-state index is 13.0. The van der Waals surface area contributed by atoms with E-state index in [0.717, 1.165) is 5.69 Å². The Morgan fingerprint density at radius 1 is 0.900 bits per heavy atom. The van der Waals surface area contributed by atoms with Crippen LogP contribution in [-0.4, -0.2) is 32.1 Å². The second-order valence-corrected chi connectivity index (χ2v) is 6.45. The van der Waals surface area contributed by atoms with Gasteiger partial charge < -0.3 is 19.7 Å². The highest BCUT2D eigenvalue weighted by atomic mass is 16.5. The summed E-state index contributed by atoms with van der Waals surface area (Å²) in [5, 5.41) is 2.77. The normalized spacial score (nSPS) is 10.2. The van der Waals surface area contributed by atoms with E-state index in [2.05, 4.69) is 5.32 Å². The molecule has 0 aliphatic rings. The Morgan fingerprint density at radius 2 is 1.60 bits per heavy atom. The van der Waals surface area contributed by atoms with Gasteiger partial charge in [0.15, 0.2) is 18.1 Å². The maximum absolute atomic E-state index is 13.0. The molecule has 3 aromatic rings. The zero-order chi connectivity index (χ0) is 21.3. The standard InChI is InChI=1S/C24H24N2O4/c1-3-26(20-12-5-4-6-13-20)24(28)18-10-9-11-19(16-18)25-23(27)17-30-22-15-8-7-14-21(22)29-2/h4-16H,3,17H2,1-2H3,(H,25,27). The number of nitrogens with zero attached hydrogens (tertiary/aromatic N) is 1. The summed E-state index contributed by atoms with van der Waals surface area (Å²) in [4.78, 5) is 27.0. The molecule has 0 unspecified atom stereocenters. The van der Waals surface area contributed by atoms with Crippen LogP contribution in [0.3, 0.4) is 0 Å².